The average Bonchev–Trinajstić information content (AvgIpc) is 2.96. The number of nitrogens with zero attached hydrogens (tertiary/aromatic N) is 1. The van der Waals surface area contributed by atoms with E-state index in [9.17, 15) is 4.79 Å². The van der Waals surface area contributed by atoms with Crippen molar-refractivity contribution < 1.29 is 14.3 Å². The van der Waals surface area contributed by atoms with Gasteiger partial charge in [0.1, 0.15) is 0 Å². The predicted octanol–water partition coefficient (Wildman–Crippen LogP) is 1.54. The Bertz CT molecular complexity index is 631. The number of fused-ring (bicyclic) bond motifs is 1. The fraction of sp³-hybridized carbons (Fsp3) is 0.200. The van der Waals surface area contributed by atoms with Crippen molar-refractivity contribution >= 4 is 11.6 Å². The van der Waals surface area contributed by atoms with Crippen molar-refractivity contribution in [3.8, 4) is 11.5 Å². The van der Waals surface area contributed by atoms with Crippen molar-refractivity contribution in [1.82, 2.24) is 10.3 Å². The molecule has 1 aromatic heterocycles. The summed E-state index contributed by atoms with van der Waals surface area (Å²) in [6.45, 7) is 1.05. The number of benzene rings is 1. The van der Waals surface area contributed by atoms with Gasteiger partial charge in [0.25, 0.3) is 0 Å². The first-order valence-electron chi connectivity index (χ1n) is 6.60. The maximum atomic E-state index is 11.8. The van der Waals surface area contributed by atoms with Crippen LogP contribution in [-0.4, -0.2) is 24.2 Å². The van der Waals surface area contributed by atoms with Crippen LogP contribution < -0.4 is 20.1 Å². The highest BCUT2D eigenvalue weighted by molar-refractivity contribution is 5.92. The van der Waals surface area contributed by atoms with Crippen LogP contribution >= 0.6 is 0 Å². The fourth-order valence-electron chi connectivity index (χ4n) is 2.00. The predicted molar refractivity (Wildman–Crippen MR) is 77.1 cm³/mol. The third kappa shape index (κ3) is 3.49. The van der Waals surface area contributed by atoms with Gasteiger partial charge in [0.05, 0.1) is 6.54 Å². The highest BCUT2D eigenvalue weighted by atomic mass is 16.7. The molecular weight excluding hydrogens is 270 g/mol. The number of ether oxygens (including phenoxy) is 2. The number of carbonyl (C=O) groups is 1. The summed E-state index contributed by atoms with van der Waals surface area (Å²) in [6, 6.07) is 9.13. The number of anilines is 1. The summed E-state index contributed by atoms with van der Waals surface area (Å²) < 4.78 is 10.5. The molecule has 2 aromatic rings. The van der Waals surface area contributed by atoms with E-state index in [4.69, 9.17) is 9.47 Å². The number of aromatic nitrogens is 1. The van der Waals surface area contributed by atoms with Crippen LogP contribution in [0.25, 0.3) is 0 Å². The van der Waals surface area contributed by atoms with Crippen molar-refractivity contribution in [3.63, 3.8) is 0 Å². The Hall–Kier alpha value is -2.60. The summed E-state index contributed by atoms with van der Waals surface area (Å²) in [5.74, 6) is 1.23. The average molecular weight is 285 g/mol. The molecule has 1 aromatic carbocycles. The zero-order valence-electron chi connectivity index (χ0n) is 11.3. The highest BCUT2D eigenvalue weighted by Gasteiger charge is 2.13. The van der Waals surface area contributed by atoms with Gasteiger partial charge in [-0.25, -0.2) is 0 Å². The third-order valence-corrected chi connectivity index (χ3v) is 2.99. The number of amides is 1. The number of hydrogen-bond acceptors (Lipinski definition) is 5. The Morgan fingerprint density at radius 1 is 1.24 bits per heavy atom. The lowest BCUT2D eigenvalue weighted by atomic mass is 10.2. The minimum Gasteiger partial charge on any atom is -0.454 e. The molecule has 1 aliphatic rings. The molecule has 0 spiro atoms. The monoisotopic (exact) mass is 285 g/mol. The van der Waals surface area contributed by atoms with Crippen molar-refractivity contribution in [2.75, 3.05) is 18.7 Å². The Morgan fingerprint density at radius 3 is 3.00 bits per heavy atom. The molecule has 1 amide bonds. The summed E-state index contributed by atoms with van der Waals surface area (Å²) in [5, 5.41) is 5.87. The number of carbonyl (C=O) groups excluding carboxylic acids is 1. The molecule has 0 fully saturated rings. The van der Waals surface area contributed by atoms with Gasteiger partial charge in [-0.15, -0.1) is 0 Å². The van der Waals surface area contributed by atoms with E-state index < -0.39 is 0 Å². The quantitative estimate of drug-likeness (QED) is 0.872. The van der Waals surface area contributed by atoms with Gasteiger partial charge in [0.2, 0.25) is 12.7 Å². The smallest absolute Gasteiger partial charge is 0.238 e. The molecule has 3 rings (SSSR count). The van der Waals surface area contributed by atoms with Gasteiger partial charge in [-0.1, -0.05) is 6.07 Å². The van der Waals surface area contributed by atoms with E-state index in [1.807, 2.05) is 12.1 Å². The van der Waals surface area contributed by atoms with Gasteiger partial charge in [0.15, 0.2) is 11.5 Å². The molecule has 0 saturated heterocycles. The van der Waals surface area contributed by atoms with Gasteiger partial charge < -0.3 is 20.1 Å². The van der Waals surface area contributed by atoms with Gasteiger partial charge in [-0.3, -0.25) is 9.78 Å². The lowest BCUT2D eigenvalue weighted by Gasteiger charge is -2.07. The molecule has 0 radical (unpaired) electrons. The van der Waals surface area contributed by atoms with Crippen LogP contribution in [0.15, 0.2) is 42.7 Å². The van der Waals surface area contributed by atoms with Crippen LogP contribution in [0, 0.1) is 0 Å². The highest BCUT2D eigenvalue weighted by Crippen LogP contribution is 2.34. The van der Waals surface area contributed by atoms with E-state index in [1.54, 1.807) is 30.6 Å². The van der Waals surface area contributed by atoms with E-state index in [0.717, 1.165) is 5.56 Å². The van der Waals surface area contributed by atoms with E-state index in [2.05, 4.69) is 15.6 Å². The first-order chi connectivity index (χ1) is 10.3. The SMILES string of the molecule is O=C(CNCc1cccnc1)Nc1ccc2c(c1)OCO2. The first-order valence-corrected chi connectivity index (χ1v) is 6.60. The second-order valence-electron chi connectivity index (χ2n) is 4.58. The second kappa shape index (κ2) is 6.23. The van der Waals surface area contributed by atoms with Crippen LogP contribution in [0.1, 0.15) is 5.56 Å². The van der Waals surface area contributed by atoms with Crippen LogP contribution in [0.2, 0.25) is 0 Å². The molecule has 6 heteroatoms. The summed E-state index contributed by atoms with van der Waals surface area (Å²) in [5.41, 5.74) is 1.72. The summed E-state index contributed by atoms with van der Waals surface area (Å²) in [7, 11) is 0. The van der Waals surface area contributed by atoms with E-state index in [1.165, 1.54) is 0 Å². The molecule has 1 aliphatic heterocycles. The Balaban J connectivity index is 1.48. The molecule has 2 N–H and O–H groups in total. The molecule has 0 atom stereocenters. The zero-order chi connectivity index (χ0) is 14.5. The molecule has 21 heavy (non-hydrogen) atoms. The topological polar surface area (TPSA) is 72.5 Å². The molecular formula is C15H15N3O3. The lowest BCUT2D eigenvalue weighted by Crippen LogP contribution is -2.27. The van der Waals surface area contributed by atoms with E-state index >= 15 is 0 Å². The van der Waals surface area contributed by atoms with Gasteiger partial charge in [-0.05, 0) is 23.8 Å². The first kappa shape index (κ1) is 13.4. The van der Waals surface area contributed by atoms with Gasteiger partial charge in [-0.2, -0.15) is 0 Å². The summed E-state index contributed by atoms with van der Waals surface area (Å²) in [4.78, 5) is 15.9. The lowest BCUT2D eigenvalue weighted by molar-refractivity contribution is -0.115. The number of rotatable bonds is 5. The Labute approximate surface area is 122 Å². The maximum absolute atomic E-state index is 11.8. The fourth-order valence-corrected chi connectivity index (χ4v) is 2.00. The van der Waals surface area contributed by atoms with Crippen molar-refractivity contribution in [1.29, 1.82) is 0 Å². The van der Waals surface area contributed by atoms with Crippen LogP contribution in [-0.2, 0) is 11.3 Å². The van der Waals surface area contributed by atoms with Crippen LogP contribution in [0.5, 0.6) is 11.5 Å². The molecule has 0 aliphatic carbocycles. The summed E-state index contributed by atoms with van der Waals surface area (Å²) in [6.07, 6.45) is 3.48. The van der Waals surface area contributed by atoms with Crippen molar-refractivity contribution in [3.05, 3.63) is 48.3 Å². The van der Waals surface area contributed by atoms with Crippen LogP contribution in [0.3, 0.4) is 0 Å². The third-order valence-electron chi connectivity index (χ3n) is 2.99. The minimum atomic E-state index is -0.113. The van der Waals surface area contributed by atoms with Crippen LogP contribution in [0.4, 0.5) is 5.69 Å². The Kier molecular flexibility index (Phi) is 3.97. The van der Waals surface area contributed by atoms with Crippen molar-refractivity contribution in [2.45, 2.75) is 6.54 Å². The molecule has 2 heterocycles. The Morgan fingerprint density at radius 2 is 2.14 bits per heavy atom. The molecule has 0 unspecified atom stereocenters. The number of nitrogens with one attached hydrogen (secondary N) is 2. The second-order valence-corrected chi connectivity index (χ2v) is 4.58. The van der Waals surface area contributed by atoms with E-state index in [0.29, 0.717) is 23.7 Å². The number of pyridine rings is 1. The minimum absolute atomic E-state index is 0.113. The maximum Gasteiger partial charge on any atom is 0.238 e. The van der Waals surface area contributed by atoms with Gasteiger partial charge >= 0.3 is 0 Å². The molecule has 6 nitrogen and oxygen atoms in total. The van der Waals surface area contributed by atoms with Gasteiger partial charge in [0, 0.05) is 30.7 Å². The molecule has 0 saturated carbocycles. The van der Waals surface area contributed by atoms with E-state index in [-0.39, 0.29) is 19.2 Å². The molecule has 0 bridgehead atoms. The number of hydrogen-bond donors (Lipinski definition) is 2. The normalized spacial score (nSPS) is 12.2. The summed E-state index contributed by atoms with van der Waals surface area (Å²) >= 11 is 0. The standard InChI is InChI=1S/C15H15N3O3/c19-15(9-17-8-11-2-1-5-16-7-11)18-12-3-4-13-14(6-12)21-10-20-13/h1-7,17H,8-10H2,(H,18,19). The molecule has 108 valence electrons. The largest absolute Gasteiger partial charge is 0.454 e. The van der Waals surface area contributed by atoms with Crippen molar-refractivity contribution in [2.24, 2.45) is 0 Å². The zero-order valence-corrected chi connectivity index (χ0v) is 11.3.